The van der Waals surface area contributed by atoms with E-state index in [1.807, 2.05) is 6.08 Å². The minimum atomic E-state index is -0.882. The van der Waals surface area contributed by atoms with Gasteiger partial charge in [-0.15, -0.1) is 6.58 Å². The van der Waals surface area contributed by atoms with Gasteiger partial charge in [-0.1, -0.05) is 54.6 Å². The molecular weight excluding hydrogens is 413 g/mol. The standard InChI is InChI=1S/C27H25F3O2/c1-3-4-5-18-15-31-27(32-16-18)21-11-13-22(24(28)14-21)19-7-9-20(10-8-19)23-12-6-17(2)25(29)26(23)30/h3,6-14,18,27H,1,4-5,15-16H2,2H3. The second-order valence-corrected chi connectivity index (χ2v) is 8.11. The van der Waals surface area contributed by atoms with E-state index in [2.05, 4.69) is 6.58 Å². The lowest BCUT2D eigenvalue weighted by molar-refractivity contribution is -0.205. The van der Waals surface area contributed by atoms with Gasteiger partial charge in [-0.05, 0) is 42.5 Å². The summed E-state index contributed by atoms with van der Waals surface area (Å²) in [5.41, 5.74) is 2.63. The Labute approximate surface area is 186 Å². The first-order valence-corrected chi connectivity index (χ1v) is 10.7. The zero-order chi connectivity index (χ0) is 22.7. The van der Waals surface area contributed by atoms with Crippen LogP contribution in [0.3, 0.4) is 0 Å². The second-order valence-electron chi connectivity index (χ2n) is 8.11. The van der Waals surface area contributed by atoms with Gasteiger partial charge >= 0.3 is 0 Å². The van der Waals surface area contributed by atoms with Gasteiger partial charge in [0.25, 0.3) is 0 Å². The lowest BCUT2D eigenvalue weighted by Gasteiger charge is -2.29. The molecule has 1 heterocycles. The molecule has 0 amide bonds. The lowest BCUT2D eigenvalue weighted by Crippen LogP contribution is -2.27. The highest BCUT2D eigenvalue weighted by Crippen LogP contribution is 2.32. The molecule has 0 unspecified atom stereocenters. The van der Waals surface area contributed by atoms with E-state index < -0.39 is 23.7 Å². The average molecular weight is 438 g/mol. The summed E-state index contributed by atoms with van der Waals surface area (Å²) in [5, 5.41) is 0. The molecule has 4 rings (SSSR count). The number of rotatable bonds is 6. The van der Waals surface area contributed by atoms with Crippen molar-refractivity contribution in [2.75, 3.05) is 13.2 Å². The maximum Gasteiger partial charge on any atom is 0.183 e. The van der Waals surface area contributed by atoms with E-state index >= 15 is 0 Å². The van der Waals surface area contributed by atoms with Crippen molar-refractivity contribution in [1.29, 1.82) is 0 Å². The SMILES string of the molecule is C=CCCC1COC(c2ccc(-c3ccc(-c4ccc(C)c(F)c4F)cc3)c(F)c2)OC1. The van der Waals surface area contributed by atoms with Gasteiger partial charge in [-0.2, -0.15) is 0 Å². The lowest BCUT2D eigenvalue weighted by atomic mass is 9.98. The van der Waals surface area contributed by atoms with Gasteiger partial charge < -0.3 is 9.47 Å². The van der Waals surface area contributed by atoms with Gasteiger partial charge in [0.15, 0.2) is 17.9 Å². The molecule has 3 aromatic carbocycles. The van der Waals surface area contributed by atoms with Crippen LogP contribution in [0.4, 0.5) is 13.2 Å². The highest BCUT2D eigenvalue weighted by Gasteiger charge is 2.24. The zero-order valence-electron chi connectivity index (χ0n) is 17.9. The molecule has 0 bridgehead atoms. The van der Waals surface area contributed by atoms with Crippen LogP contribution in [0.2, 0.25) is 0 Å². The number of benzene rings is 3. The number of halogens is 3. The first-order valence-electron chi connectivity index (χ1n) is 10.7. The molecule has 5 heteroatoms. The van der Waals surface area contributed by atoms with Crippen LogP contribution in [0.1, 0.15) is 30.3 Å². The molecule has 0 aromatic heterocycles. The third-order valence-electron chi connectivity index (χ3n) is 5.79. The van der Waals surface area contributed by atoms with E-state index in [-0.39, 0.29) is 11.1 Å². The number of hydrogen-bond donors (Lipinski definition) is 0. The fraction of sp³-hybridized carbons (Fsp3) is 0.259. The highest BCUT2D eigenvalue weighted by atomic mass is 19.2. The van der Waals surface area contributed by atoms with Crippen molar-refractivity contribution in [3.8, 4) is 22.3 Å². The van der Waals surface area contributed by atoms with Crippen LogP contribution in [0.25, 0.3) is 22.3 Å². The molecule has 1 saturated heterocycles. The minimum absolute atomic E-state index is 0.175. The van der Waals surface area contributed by atoms with E-state index in [0.717, 1.165) is 12.8 Å². The Bertz CT molecular complexity index is 1100. The molecule has 0 saturated carbocycles. The van der Waals surface area contributed by atoms with Gasteiger partial charge in [-0.25, -0.2) is 13.2 Å². The van der Waals surface area contributed by atoms with Crippen LogP contribution in [0.15, 0.2) is 67.3 Å². The first kappa shape index (κ1) is 22.3. The summed E-state index contributed by atoms with van der Waals surface area (Å²) in [6, 6.07) is 14.7. The summed E-state index contributed by atoms with van der Waals surface area (Å²) in [5.74, 6) is -1.82. The maximum atomic E-state index is 14.9. The van der Waals surface area contributed by atoms with Crippen LogP contribution in [0, 0.1) is 30.3 Å². The van der Waals surface area contributed by atoms with Gasteiger partial charge in [0.05, 0.1) is 13.2 Å². The van der Waals surface area contributed by atoms with Crippen LogP contribution < -0.4 is 0 Å². The Morgan fingerprint density at radius 2 is 1.50 bits per heavy atom. The molecule has 32 heavy (non-hydrogen) atoms. The summed E-state index contributed by atoms with van der Waals surface area (Å²) in [6.07, 6.45) is 3.16. The molecule has 1 aliphatic heterocycles. The fourth-order valence-corrected chi connectivity index (χ4v) is 3.87. The third-order valence-corrected chi connectivity index (χ3v) is 5.79. The minimum Gasteiger partial charge on any atom is -0.348 e. The quantitative estimate of drug-likeness (QED) is 0.374. The summed E-state index contributed by atoms with van der Waals surface area (Å²) >= 11 is 0. The normalized spacial score (nSPS) is 18.5. The fourth-order valence-electron chi connectivity index (χ4n) is 3.87. The van der Waals surface area contributed by atoms with E-state index in [1.54, 1.807) is 42.5 Å². The number of allylic oxidation sites excluding steroid dienone is 1. The summed E-state index contributed by atoms with van der Waals surface area (Å²) in [4.78, 5) is 0. The average Bonchev–Trinajstić information content (AvgIpc) is 2.82. The van der Waals surface area contributed by atoms with Crippen molar-refractivity contribution < 1.29 is 22.6 Å². The third kappa shape index (κ3) is 4.64. The van der Waals surface area contributed by atoms with Crippen molar-refractivity contribution in [1.82, 2.24) is 0 Å². The van der Waals surface area contributed by atoms with Crippen molar-refractivity contribution >= 4 is 0 Å². The molecule has 0 atom stereocenters. The van der Waals surface area contributed by atoms with Crippen LogP contribution in [-0.4, -0.2) is 13.2 Å². The Morgan fingerprint density at radius 1 is 0.875 bits per heavy atom. The maximum absolute atomic E-state index is 14.9. The molecule has 1 aliphatic rings. The molecule has 0 radical (unpaired) electrons. The molecule has 166 valence electrons. The number of hydrogen-bond acceptors (Lipinski definition) is 2. The molecule has 0 aliphatic carbocycles. The summed E-state index contributed by atoms with van der Waals surface area (Å²) < 4.78 is 54.6. The number of ether oxygens (including phenoxy) is 2. The van der Waals surface area contributed by atoms with E-state index in [1.165, 1.54) is 19.1 Å². The smallest absolute Gasteiger partial charge is 0.183 e. The van der Waals surface area contributed by atoms with Crippen molar-refractivity contribution in [3.05, 3.63) is 95.8 Å². The molecule has 2 nitrogen and oxygen atoms in total. The number of aryl methyl sites for hydroxylation is 1. The van der Waals surface area contributed by atoms with Crippen molar-refractivity contribution in [3.63, 3.8) is 0 Å². The summed E-state index contributed by atoms with van der Waals surface area (Å²) in [6.45, 7) is 6.38. The molecule has 3 aromatic rings. The first-order chi connectivity index (χ1) is 15.5. The largest absolute Gasteiger partial charge is 0.348 e. The predicted molar refractivity (Wildman–Crippen MR) is 119 cm³/mol. The molecule has 0 N–H and O–H groups in total. The van der Waals surface area contributed by atoms with Gasteiger partial charge in [0.1, 0.15) is 5.82 Å². The Balaban J connectivity index is 1.49. The monoisotopic (exact) mass is 438 g/mol. The topological polar surface area (TPSA) is 18.5 Å². The van der Waals surface area contributed by atoms with E-state index in [4.69, 9.17) is 9.47 Å². The summed E-state index contributed by atoms with van der Waals surface area (Å²) in [7, 11) is 0. The Kier molecular flexibility index (Phi) is 6.77. The van der Waals surface area contributed by atoms with E-state index in [0.29, 0.717) is 41.4 Å². The Morgan fingerprint density at radius 3 is 2.12 bits per heavy atom. The van der Waals surface area contributed by atoms with Gasteiger partial charge in [0.2, 0.25) is 0 Å². The van der Waals surface area contributed by atoms with Crippen LogP contribution >= 0.6 is 0 Å². The Hall–Kier alpha value is -2.89. The van der Waals surface area contributed by atoms with E-state index in [9.17, 15) is 13.2 Å². The van der Waals surface area contributed by atoms with Crippen molar-refractivity contribution in [2.45, 2.75) is 26.1 Å². The molecule has 1 fully saturated rings. The van der Waals surface area contributed by atoms with Crippen LogP contribution in [-0.2, 0) is 9.47 Å². The predicted octanol–water partition coefficient (Wildman–Crippen LogP) is 7.37. The second kappa shape index (κ2) is 9.72. The van der Waals surface area contributed by atoms with Crippen molar-refractivity contribution in [2.24, 2.45) is 5.92 Å². The van der Waals surface area contributed by atoms with Gasteiger partial charge in [-0.3, -0.25) is 0 Å². The highest BCUT2D eigenvalue weighted by molar-refractivity contribution is 5.71. The van der Waals surface area contributed by atoms with Crippen LogP contribution in [0.5, 0.6) is 0 Å². The van der Waals surface area contributed by atoms with Gasteiger partial charge in [0, 0.05) is 22.6 Å². The molecular formula is C27H25F3O2. The molecule has 0 spiro atoms. The zero-order valence-corrected chi connectivity index (χ0v) is 17.9.